The lowest BCUT2D eigenvalue weighted by Crippen LogP contribution is -2.27. The van der Waals surface area contributed by atoms with Gasteiger partial charge < -0.3 is 5.73 Å². The van der Waals surface area contributed by atoms with Crippen LogP contribution in [0.3, 0.4) is 0 Å². The first-order valence-corrected chi connectivity index (χ1v) is 1.99. The van der Waals surface area contributed by atoms with E-state index in [0.717, 1.165) is 0 Å². The van der Waals surface area contributed by atoms with Crippen LogP contribution in [0.2, 0.25) is 0 Å². The zero-order chi connectivity index (χ0) is 5.21. The molecule has 1 heteroatoms. The lowest BCUT2D eigenvalue weighted by Gasteiger charge is -2.08. The van der Waals surface area contributed by atoms with Crippen molar-refractivity contribution in [2.24, 2.45) is 5.73 Å². The summed E-state index contributed by atoms with van der Waals surface area (Å²) in [6.07, 6.45) is 1.72. The van der Waals surface area contributed by atoms with Crippen molar-refractivity contribution in [1.82, 2.24) is 0 Å². The molecule has 2 N–H and O–H groups in total. The molecule has 0 atom stereocenters. The normalized spacial score (nSPS) is 11.2. The molecule has 0 spiro atoms. The highest BCUT2D eigenvalue weighted by Gasteiger charge is 1.99. The fourth-order valence-electron chi connectivity index (χ4n) is 0. The van der Waals surface area contributed by atoms with E-state index in [1.54, 1.807) is 6.08 Å². The highest BCUT2D eigenvalue weighted by atomic mass is 14.7. The van der Waals surface area contributed by atoms with Crippen LogP contribution in [0.25, 0.3) is 0 Å². The molecule has 0 aliphatic carbocycles. The van der Waals surface area contributed by atoms with Crippen molar-refractivity contribution in [3.8, 4) is 0 Å². The fourth-order valence-corrected chi connectivity index (χ4v) is 0. The minimum atomic E-state index is -0.194. The lowest BCUT2D eigenvalue weighted by molar-refractivity contribution is 0.656. The van der Waals surface area contributed by atoms with E-state index in [2.05, 4.69) is 6.58 Å². The van der Waals surface area contributed by atoms with Crippen LogP contribution in [-0.4, -0.2) is 5.54 Å². The third kappa shape index (κ3) is 3.70. The Kier molecular flexibility index (Phi) is 1.36. The van der Waals surface area contributed by atoms with Crippen molar-refractivity contribution in [2.75, 3.05) is 0 Å². The maximum absolute atomic E-state index is 5.42. The summed E-state index contributed by atoms with van der Waals surface area (Å²) in [6, 6.07) is 0. The highest BCUT2D eigenvalue weighted by molar-refractivity contribution is 4.91. The van der Waals surface area contributed by atoms with Gasteiger partial charge in [0.15, 0.2) is 0 Å². The molecule has 0 aromatic rings. The van der Waals surface area contributed by atoms with Gasteiger partial charge in [-0.25, -0.2) is 0 Å². The van der Waals surface area contributed by atoms with E-state index in [4.69, 9.17) is 5.73 Å². The average Bonchev–Trinajstić information content (AvgIpc) is 1.35. The molecular formula is C5H11N. The molecule has 0 radical (unpaired) electrons. The van der Waals surface area contributed by atoms with Gasteiger partial charge in [-0.3, -0.25) is 0 Å². The first kappa shape index (κ1) is 5.70. The monoisotopic (exact) mass is 85.1 g/mol. The molecule has 0 bridgehead atoms. The molecule has 0 saturated heterocycles. The Morgan fingerprint density at radius 3 is 1.83 bits per heavy atom. The smallest absolute Gasteiger partial charge is 0.0279 e. The molecule has 0 aromatic heterocycles. The number of hydrogen-bond donors (Lipinski definition) is 1. The Balaban J connectivity index is 3.45. The van der Waals surface area contributed by atoms with Crippen LogP contribution in [-0.2, 0) is 0 Å². The fraction of sp³-hybridized carbons (Fsp3) is 0.600. The van der Waals surface area contributed by atoms with Crippen molar-refractivity contribution in [3.63, 3.8) is 0 Å². The van der Waals surface area contributed by atoms with Crippen LogP contribution in [0.4, 0.5) is 0 Å². The SMILES string of the molecule is C=CC(C)(C)N. The summed E-state index contributed by atoms with van der Waals surface area (Å²) in [6.45, 7) is 7.31. The summed E-state index contributed by atoms with van der Waals surface area (Å²) in [7, 11) is 0. The van der Waals surface area contributed by atoms with E-state index in [1.165, 1.54) is 0 Å². The molecule has 0 heterocycles. The van der Waals surface area contributed by atoms with E-state index < -0.39 is 0 Å². The topological polar surface area (TPSA) is 26.0 Å². The third-order valence-corrected chi connectivity index (χ3v) is 0.526. The van der Waals surface area contributed by atoms with Crippen LogP contribution in [0.1, 0.15) is 13.8 Å². The quantitative estimate of drug-likeness (QED) is 0.470. The van der Waals surface area contributed by atoms with Crippen LogP contribution in [0.5, 0.6) is 0 Å². The van der Waals surface area contributed by atoms with Crippen molar-refractivity contribution in [1.29, 1.82) is 0 Å². The standard InChI is InChI=1S/C5H11N/c1-4-5(2,3)6/h4H,1,6H2,2-3H3. The predicted molar refractivity (Wildman–Crippen MR) is 28.5 cm³/mol. The van der Waals surface area contributed by atoms with Gasteiger partial charge in [-0.2, -0.15) is 0 Å². The minimum Gasteiger partial charge on any atom is -0.322 e. The average molecular weight is 85.2 g/mol. The lowest BCUT2D eigenvalue weighted by atomic mass is 10.1. The van der Waals surface area contributed by atoms with E-state index in [-0.39, 0.29) is 5.54 Å². The van der Waals surface area contributed by atoms with Gasteiger partial charge in [0.1, 0.15) is 0 Å². The second-order valence-electron chi connectivity index (χ2n) is 2.03. The van der Waals surface area contributed by atoms with Gasteiger partial charge in [0.25, 0.3) is 0 Å². The predicted octanol–water partition coefficient (Wildman–Crippen LogP) is 0.910. The Labute approximate surface area is 38.8 Å². The maximum Gasteiger partial charge on any atom is 0.0279 e. The molecule has 0 aliphatic rings. The second-order valence-corrected chi connectivity index (χ2v) is 2.03. The van der Waals surface area contributed by atoms with Crippen LogP contribution < -0.4 is 5.73 Å². The summed E-state index contributed by atoms with van der Waals surface area (Å²) in [5.41, 5.74) is 5.22. The Morgan fingerprint density at radius 2 is 1.83 bits per heavy atom. The Morgan fingerprint density at radius 1 is 1.67 bits per heavy atom. The molecule has 0 fully saturated rings. The van der Waals surface area contributed by atoms with Crippen LogP contribution in [0, 0.1) is 0 Å². The van der Waals surface area contributed by atoms with Crippen LogP contribution in [0.15, 0.2) is 12.7 Å². The Hall–Kier alpha value is -0.300. The molecule has 0 unspecified atom stereocenters. The maximum atomic E-state index is 5.42. The van der Waals surface area contributed by atoms with Gasteiger partial charge in [-0.05, 0) is 13.8 Å². The van der Waals surface area contributed by atoms with Gasteiger partial charge in [0.05, 0.1) is 0 Å². The molecule has 0 aliphatic heterocycles. The number of hydrogen-bond acceptors (Lipinski definition) is 1. The van der Waals surface area contributed by atoms with Crippen molar-refractivity contribution in [3.05, 3.63) is 12.7 Å². The summed E-state index contributed by atoms with van der Waals surface area (Å²) < 4.78 is 0. The van der Waals surface area contributed by atoms with Gasteiger partial charge in [-0.1, -0.05) is 6.08 Å². The molecule has 1 nitrogen and oxygen atoms in total. The van der Waals surface area contributed by atoms with Gasteiger partial charge >= 0.3 is 0 Å². The number of rotatable bonds is 1. The molecule has 0 saturated carbocycles. The zero-order valence-electron chi connectivity index (χ0n) is 4.36. The Bertz CT molecular complexity index is 49.4. The molecular weight excluding hydrogens is 74.1 g/mol. The second kappa shape index (κ2) is 1.43. The molecule has 6 heavy (non-hydrogen) atoms. The van der Waals surface area contributed by atoms with Crippen molar-refractivity contribution < 1.29 is 0 Å². The van der Waals surface area contributed by atoms with Crippen molar-refractivity contribution >= 4 is 0 Å². The van der Waals surface area contributed by atoms with Crippen molar-refractivity contribution in [2.45, 2.75) is 19.4 Å². The van der Waals surface area contributed by atoms with E-state index in [0.29, 0.717) is 0 Å². The van der Waals surface area contributed by atoms with Gasteiger partial charge in [0.2, 0.25) is 0 Å². The van der Waals surface area contributed by atoms with E-state index >= 15 is 0 Å². The van der Waals surface area contributed by atoms with Crippen LogP contribution >= 0.6 is 0 Å². The summed E-state index contributed by atoms with van der Waals surface area (Å²) in [4.78, 5) is 0. The minimum absolute atomic E-state index is 0.194. The van der Waals surface area contributed by atoms with E-state index in [1.807, 2.05) is 13.8 Å². The summed E-state index contributed by atoms with van der Waals surface area (Å²) >= 11 is 0. The molecule has 0 rings (SSSR count). The third-order valence-electron chi connectivity index (χ3n) is 0.526. The largest absolute Gasteiger partial charge is 0.322 e. The van der Waals surface area contributed by atoms with Gasteiger partial charge in [-0.15, -0.1) is 6.58 Å². The number of nitrogens with two attached hydrogens (primary N) is 1. The first-order chi connectivity index (χ1) is 2.56. The van der Waals surface area contributed by atoms with E-state index in [9.17, 15) is 0 Å². The first-order valence-electron chi connectivity index (χ1n) is 1.99. The zero-order valence-corrected chi connectivity index (χ0v) is 4.36. The highest BCUT2D eigenvalue weighted by Crippen LogP contribution is 1.93. The molecule has 36 valence electrons. The summed E-state index contributed by atoms with van der Waals surface area (Å²) in [5.74, 6) is 0. The summed E-state index contributed by atoms with van der Waals surface area (Å²) in [5, 5.41) is 0. The molecule has 0 amide bonds. The molecule has 0 aromatic carbocycles. The van der Waals surface area contributed by atoms with Gasteiger partial charge in [0, 0.05) is 5.54 Å².